The molecule has 0 aliphatic rings. The Bertz CT molecular complexity index is 408. The van der Waals surface area contributed by atoms with Crippen LogP contribution in [0.5, 0.6) is 0 Å². The number of aliphatic carboxylic acids is 2. The summed E-state index contributed by atoms with van der Waals surface area (Å²) in [4.78, 5) is 24.6. The fraction of sp³-hybridized carbons (Fsp3) is 0.909. The zero-order valence-electron chi connectivity index (χ0n) is 18.2. The van der Waals surface area contributed by atoms with E-state index in [1.54, 1.807) is 0 Å². The minimum Gasteiger partial charge on any atom is -0.479 e. The predicted molar refractivity (Wildman–Crippen MR) is 110 cm³/mol. The third-order valence-electron chi connectivity index (χ3n) is 6.04. The van der Waals surface area contributed by atoms with Crippen molar-refractivity contribution in [3.8, 4) is 0 Å². The highest BCUT2D eigenvalue weighted by Gasteiger charge is 2.66. The van der Waals surface area contributed by atoms with Crippen LogP contribution in [0.1, 0.15) is 105 Å². The summed E-state index contributed by atoms with van der Waals surface area (Å²) < 4.78 is 0. The summed E-state index contributed by atoms with van der Waals surface area (Å²) in [5.74, 6) is -4.88. The van der Waals surface area contributed by atoms with Gasteiger partial charge >= 0.3 is 11.9 Å². The highest BCUT2D eigenvalue weighted by atomic mass is 16.5. The van der Waals surface area contributed by atoms with Crippen LogP contribution in [0.2, 0.25) is 0 Å². The quantitative estimate of drug-likeness (QED) is 0.282. The lowest BCUT2D eigenvalue weighted by atomic mass is 9.63. The summed E-state index contributed by atoms with van der Waals surface area (Å²) in [6.07, 6.45) is 7.43. The van der Waals surface area contributed by atoms with Gasteiger partial charge in [0.1, 0.15) is 0 Å². The topological polar surface area (TPSA) is 115 Å². The summed E-state index contributed by atoms with van der Waals surface area (Å²) >= 11 is 0. The molecular formula is C22H42O6. The molecule has 0 heterocycles. The number of unbranched alkanes of at least 4 members (excludes halogenated alkanes) is 4. The zero-order valence-corrected chi connectivity index (χ0v) is 18.2. The van der Waals surface area contributed by atoms with Gasteiger partial charge in [0.2, 0.25) is 11.2 Å². The number of aliphatic hydroxyl groups is 2. The first-order chi connectivity index (χ1) is 13.2. The van der Waals surface area contributed by atoms with E-state index in [4.69, 9.17) is 0 Å². The molecule has 6 heteroatoms. The Labute approximate surface area is 170 Å². The van der Waals surface area contributed by atoms with Crippen LogP contribution < -0.4 is 0 Å². The molecule has 0 aliphatic carbocycles. The van der Waals surface area contributed by atoms with E-state index in [1.807, 2.05) is 27.7 Å². The molecule has 0 amide bonds. The average molecular weight is 403 g/mol. The summed E-state index contributed by atoms with van der Waals surface area (Å²) in [6.45, 7) is 7.85. The van der Waals surface area contributed by atoms with Crippen molar-refractivity contribution in [1.29, 1.82) is 0 Å². The second-order valence-corrected chi connectivity index (χ2v) is 8.11. The van der Waals surface area contributed by atoms with Gasteiger partial charge < -0.3 is 20.4 Å². The van der Waals surface area contributed by atoms with E-state index in [2.05, 4.69) is 0 Å². The van der Waals surface area contributed by atoms with Gasteiger partial charge in [0.25, 0.3) is 0 Å². The van der Waals surface area contributed by atoms with E-state index in [1.165, 1.54) is 0 Å². The van der Waals surface area contributed by atoms with Gasteiger partial charge in [0, 0.05) is 11.8 Å². The van der Waals surface area contributed by atoms with Crippen LogP contribution in [0.3, 0.4) is 0 Å². The Kier molecular flexibility index (Phi) is 12.6. The van der Waals surface area contributed by atoms with Crippen molar-refractivity contribution in [2.45, 2.75) is 116 Å². The normalized spacial score (nSPS) is 16.1. The molecule has 0 spiro atoms. The lowest BCUT2D eigenvalue weighted by Gasteiger charge is -2.46. The molecule has 166 valence electrons. The first-order valence-electron chi connectivity index (χ1n) is 11.1. The average Bonchev–Trinajstić information content (AvgIpc) is 2.66. The van der Waals surface area contributed by atoms with E-state index in [0.29, 0.717) is 51.4 Å². The van der Waals surface area contributed by atoms with E-state index in [9.17, 15) is 30.0 Å². The van der Waals surface area contributed by atoms with E-state index in [0.717, 1.165) is 25.7 Å². The molecule has 0 aromatic rings. The first kappa shape index (κ1) is 26.9. The predicted octanol–water partition coefficient (Wildman–Crippen LogP) is 4.61. The Morgan fingerprint density at radius 3 is 0.964 bits per heavy atom. The first-order valence-corrected chi connectivity index (χ1v) is 11.1. The molecule has 0 radical (unpaired) electrons. The Morgan fingerprint density at radius 2 is 0.821 bits per heavy atom. The Balaban J connectivity index is 6.33. The van der Waals surface area contributed by atoms with Crippen LogP contribution in [0.4, 0.5) is 0 Å². The molecule has 0 fully saturated rings. The van der Waals surface area contributed by atoms with Crippen molar-refractivity contribution >= 4 is 11.9 Å². The molecule has 0 saturated heterocycles. The molecule has 0 bridgehead atoms. The molecule has 0 aromatic heterocycles. The number of carboxylic acid groups (broad SMARTS) is 2. The lowest BCUT2D eigenvalue weighted by Crippen LogP contribution is -2.70. The summed E-state index contributed by atoms with van der Waals surface area (Å²) in [5.41, 5.74) is -5.43. The maximum atomic E-state index is 12.3. The fourth-order valence-corrected chi connectivity index (χ4v) is 4.22. The molecule has 0 unspecified atom stereocenters. The van der Waals surface area contributed by atoms with Gasteiger partial charge in [-0.25, -0.2) is 9.59 Å². The standard InChI is InChI=1S/C22H42O6/c1-5-9-13-17(14-10-6-2)21(27,19(23)24)22(28,20(25)26)18(15-11-7-3)16-12-8-4/h17-18,27-28H,5-16H2,1-4H3,(H,23,24)(H,25,26)/t21-,22-/m0/s1. The summed E-state index contributed by atoms with van der Waals surface area (Å²) in [5, 5.41) is 42.9. The molecule has 2 atom stereocenters. The van der Waals surface area contributed by atoms with E-state index in [-0.39, 0.29) is 0 Å². The Morgan fingerprint density at radius 1 is 0.607 bits per heavy atom. The second kappa shape index (κ2) is 13.2. The van der Waals surface area contributed by atoms with Gasteiger partial charge in [-0.1, -0.05) is 79.1 Å². The Hall–Kier alpha value is -1.14. The SMILES string of the molecule is CCCCC(CCCC)[C@](O)(C(=O)O)[C@@](O)(C(=O)O)C(CCCC)CCCC. The van der Waals surface area contributed by atoms with Gasteiger partial charge in [-0.05, 0) is 25.7 Å². The van der Waals surface area contributed by atoms with Crippen molar-refractivity contribution in [2.75, 3.05) is 0 Å². The zero-order chi connectivity index (χ0) is 21.8. The van der Waals surface area contributed by atoms with Crippen molar-refractivity contribution in [3.63, 3.8) is 0 Å². The largest absolute Gasteiger partial charge is 0.479 e. The van der Waals surface area contributed by atoms with Crippen molar-refractivity contribution in [2.24, 2.45) is 11.8 Å². The molecular weight excluding hydrogens is 360 g/mol. The summed E-state index contributed by atoms with van der Waals surface area (Å²) in [6, 6.07) is 0. The van der Waals surface area contributed by atoms with Crippen LogP contribution in [0, 0.1) is 11.8 Å². The van der Waals surface area contributed by atoms with Gasteiger partial charge in [0.05, 0.1) is 0 Å². The molecule has 0 saturated carbocycles. The summed E-state index contributed by atoms with van der Waals surface area (Å²) in [7, 11) is 0. The van der Waals surface area contributed by atoms with Crippen molar-refractivity contribution in [1.82, 2.24) is 0 Å². The molecule has 28 heavy (non-hydrogen) atoms. The molecule has 4 N–H and O–H groups in total. The van der Waals surface area contributed by atoms with Crippen molar-refractivity contribution in [3.05, 3.63) is 0 Å². The lowest BCUT2D eigenvalue weighted by molar-refractivity contribution is -0.233. The number of hydrogen-bond acceptors (Lipinski definition) is 4. The fourth-order valence-electron chi connectivity index (χ4n) is 4.22. The number of carbonyl (C=O) groups is 2. The maximum Gasteiger partial charge on any atom is 0.339 e. The van der Waals surface area contributed by atoms with Crippen LogP contribution in [0.15, 0.2) is 0 Å². The number of hydrogen-bond donors (Lipinski definition) is 4. The smallest absolute Gasteiger partial charge is 0.339 e. The third-order valence-corrected chi connectivity index (χ3v) is 6.04. The molecule has 0 aromatic carbocycles. The number of rotatable bonds is 17. The highest BCUT2D eigenvalue weighted by Crippen LogP contribution is 2.44. The molecule has 0 rings (SSSR count). The van der Waals surface area contributed by atoms with Crippen molar-refractivity contribution < 1.29 is 30.0 Å². The van der Waals surface area contributed by atoms with Gasteiger partial charge in [0.15, 0.2) is 0 Å². The second-order valence-electron chi connectivity index (χ2n) is 8.11. The van der Waals surface area contributed by atoms with Crippen LogP contribution in [0.25, 0.3) is 0 Å². The third kappa shape index (κ3) is 6.18. The minimum absolute atomic E-state index is 0.378. The highest BCUT2D eigenvalue weighted by molar-refractivity contribution is 5.91. The number of carboxylic acids is 2. The minimum atomic E-state index is -2.71. The van der Waals surface area contributed by atoms with E-state index >= 15 is 0 Å². The molecule has 0 aliphatic heterocycles. The van der Waals surface area contributed by atoms with Gasteiger partial charge in [-0.3, -0.25) is 0 Å². The maximum absolute atomic E-state index is 12.3. The van der Waals surface area contributed by atoms with Crippen LogP contribution in [-0.2, 0) is 9.59 Å². The monoisotopic (exact) mass is 402 g/mol. The van der Waals surface area contributed by atoms with Crippen LogP contribution in [-0.4, -0.2) is 43.6 Å². The van der Waals surface area contributed by atoms with Crippen LogP contribution >= 0.6 is 0 Å². The van der Waals surface area contributed by atoms with Gasteiger partial charge in [-0.2, -0.15) is 0 Å². The van der Waals surface area contributed by atoms with Gasteiger partial charge in [-0.15, -0.1) is 0 Å². The van der Waals surface area contributed by atoms with E-state index < -0.39 is 35.0 Å². The molecule has 6 nitrogen and oxygen atoms in total.